The summed E-state index contributed by atoms with van der Waals surface area (Å²) in [7, 11) is 0. The predicted octanol–water partition coefficient (Wildman–Crippen LogP) is 3.62. The van der Waals surface area contributed by atoms with E-state index >= 15 is 0 Å². The molecule has 0 heterocycles. The molecule has 0 aromatic heterocycles. The minimum atomic E-state index is -0.108. The fourth-order valence-electron chi connectivity index (χ4n) is 2.59. The summed E-state index contributed by atoms with van der Waals surface area (Å²) in [5.74, 6) is 0.360. The van der Waals surface area contributed by atoms with Crippen LogP contribution in [0.25, 0.3) is 0 Å². The maximum absolute atomic E-state index is 12.6. The maximum atomic E-state index is 12.6. The molecule has 0 radical (unpaired) electrons. The van der Waals surface area contributed by atoms with Crippen LogP contribution in [0.15, 0.2) is 18.2 Å². The van der Waals surface area contributed by atoms with E-state index < -0.39 is 0 Å². The molecule has 3 nitrogen and oxygen atoms in total. The highest BCUT2D eigenvalue weighted by Gasteiger charge is 2.28. The average Bonchev–Trinajstić information content (AvgIpc) is 2.92. The van der Waals surface area contributed by atoms with Crippen LogP contribution in [-0.2, 0) is 0 Å². The Morgan fingerprint density at radius 2 is 2.11 bits per heavy atom. The van der Waals surface area contributed by atoms with E-state index in [4.69, 9.17) is 11.6 Å². The highest BCUT2D eigenvalue weighted by atomic mass is 127. The van der Waals surface area contributed by atoms with E-state index in [9.17, 15) is 9.90 Å². The standard InChI is InChI=1S/C14H17ClINO2/c15-7-8-17(11-3-1-2-4-11)14(19)12-9-10(16)5-6-13(12)18/h5-6,9,11,18H,1-4,7-8H2. The van der Waals surface area contributed by atoms with Crippen LogP contribution < -0.4 is 0 Å². The van der Waals surface area contributed by atoms with Gasteiger partial charge in [-0.05, 0) is 53.6 Å². The number of amides is 1. The number of phenols is 1. The first-order valence-corrected chi connectivity index (χ1v) is 8.10. The number of phenolic OH excluding ortho intramolecular Hbond substituents is 1. The first kappa shape index (κ1) is 14.9. The van der Waals surface area contributed by atoms with Gasteiger partial charge in [-0.25, -0.2) is 0 Å². The Bertz CT molecular complexity index is 461. The maximum Gasteiger partial charge on any atom is 0.257 e. The van der Waals surface area contributed by atoms with Gasteiger partial charge < -0.3 is 10.0 Å². The van der Waals surface area contributed by atoms with Gasteiger partial charge >= 0.3 is 0 Å². The second kappa shape index (κ2) is 6.79. The second-order valence-electron chi connectivity index (χ2n) is 4.79. The summed E-state index contributed by atoms with van der Waals surface area (Å²) in [5.41, 5.74) is 0.379. The lowest BCUT2D eigenvalue weighted by Crippen LogP contribution is -2.40. The van der Waals surface area contributed by atoms with Crippen LogP contribution >= 0.6 is 34.2 Å². The topological polar surface area (TPSA) is 40.5 Å². The van der Waals surface area contributed by atoms with Gasteiger partial charge in [-0.2, -0.15) is 0 Å². The van der Waals surface area contributed by atoms with E-state index in [1.165, 1.54) is 0 Å². The molecule has 0 unspecified atom stereocenters. The number of halogens is 2. The fourth-order valence-corrected chi connectivity index (χ4v) is 3.26. The number of hydrogen-bond donors (Lipinski definition) is 1. The van der Waals surface area contributed by atoms with Crippen LogP contribution in [0, 0.1) is 3.57 Å². The summed E-state index contributed by atoms with van der Waals surface area (Å²) in [6.07, 6.45) is 4.39. The number of carbonyl (C=O) groups excluding carboxylic acids is 1. The Kier molecular flexibility index (Phi) is 5.33. The van der Waals surface area contributed by atoms with E-state index in [0.717, 1.165) is 29.3 Å². The molecular weight excluding hydrogens is 377 g/mol. The molecule has 1 fully saturated rings. The molecule has 1 aliphatic carbocycles. The van der Waals surface area contributed by atoms with Crippen LogP contribution in [0.3, 0.4) is 0 Å². The molecule has 0 spiro atoms. The first-order valence-electron chi connectivity index (χ1n) is 6.49. The largest absolute Gasteiger partial charge is 0.507 e. The smallest absolute Gasteiger partial charge is 0.257 e. The number of benzene rings is 1. The van der Waals surface area contributed by atoms with Crippen molar-refractivity contribution in [3.63, 3.8) is 0 Å². The third kappa shape index (κ3) is 3.54. The van der Waals surface area contributed by atoms with Crippen molar-refractivity contribution in [2.45, 2.75) is 31.7 Å². The molecule has 5 heteroatoms. The van der Waals surface area contributed by atoms with Crippen LogP contribution in [0.4, 0.5) is 0 Å². The van der Waals surface area contributed by atoms with E-state index in [-0.39, 0.29) is 17.7 Å². The third-order valence-electron chi connectivity index (χ3n) is 3.54. The summed E-state index contributed by atoms with van der Waals surface area (Å²) in [5, 5.41) is 9.88. The fraction of sp³-hybridized carbons (Fsp3) is 0.500. The van der Waals surface area contributed by atoms with E-state index in [1.54, 1.807) is 18.2 Å². The number of nitrogens with zero attached hydrogens (tertiary/aromatic N) is 1. The Balaban J connectivity index is 2.25. The van der Waals surface area contributed by atoms with Gasteiger partial charge in [0.1, 0.15) is 5.75 Å². The summed E-state index contributed by atoms with van der Waals surface area (Å²) in [4.78, 5) is 14.4. The lowest BCUT2D eigenvalue weighted by molar-refractivity contribution is 0.0692. The Morgan fingerprint density at radius 1 is 1.42 bits per heavy atom. The zero-order valence-electron chi connectivity index (χ0n) is 10.6. The minimum Gasteiger partial charge on any atom is -0.507 e. The average molecular weight is 394 g/mol. The van der Waals surface area contributed by atoms with Crippen LogP contribution in [0.1, 0.15) is 36.0 Å². The molecule has 1 aromatic carbocycles. The molecule has 1 aromatic rings. The Morgan fingerprint density at radius 3 is 2.74 bits per heavy atom. The Labute approximate surface area is 132 Å². The van der Waals surface area contributed by atoms with Crippen molar-refractivity contribution >= 4 is 40.1 Å². The summed E-state index contributed by atoms with van der Waals surface area (Å²) in [6, 6.07) is 5.36. The Hall–Kier alpha value is -0.490. The molecule has 104 valence electrons. The molecule has 2 rings (SSSR count). The molecule has 1 N–H and O–H groups in total. The summed E-state index contributed by atoms with van der Waals surface area (Å²) >= 11 is 7.96. The van der Waals surface area contributed by atoms with Gasteiger partial charge in [0.15, 0.2) is 0 Å². The molecule has 19 heavy (non-hydrogen) atoms. The zero-order valence-corrected chi connectivity index (χ0v) is 13.5. The van der Waals surface area contributed by atoms with Crippen molar-refractivity contribution in [1.29, 1.82) is 0 Å². The van der Waals surface area contributed by atoms with Gasteiger partial charge in [-0.3, -0.25) is 4.79 Å². The number of carbonyl (C=O) groups is 1. The van der Waals surface area contributed by atoms with Gasteiger partial charge in [0.05, 0.1) is 5.56 Å². The number of hydrogen-bond acceptors (Lipinski definition) is 2. The van der Waals surface area contributed by atoms with Crippen molar-refractivity contribution in [1.82, 2.24) is 4.90 Å². The van der Waals surface area contributed by atoms with E-state index in [1.807, 2.05) is 4.90 Å². The van der Waals surface area contributed by atoms with Crippen LogP contribution in [-0.4, -0.2) is 34.4 Å². The van der Waals surface area contributed by atoms with Gasteiger partial charge in [-0.15, -0.1) is 11.6 Å². The zero-order chi connectivity index (χ0) is 13.8. The molecule has 0 atom stereocenters. The lowest BCUT2D eigenvalue weighted by Gasteiger charge is -2.28. The quantitative estimate of drug-likeness (QED) is 0.627. The predicted molar refractivity (Wildman–Crippen MR) is 84.8 cm³/mol. The van der Waals surface area contributed by atoms with Gasteiger partial charge in [-0.1, -0.05) is 12.8 Å². The molecule has 0 aliphatic heterocycles. The lowest BCUT2D eigenvalue weighted by atomic mass is 10.1. The van der Waals surface area contributed by atoms with E-state index in [0.29, 0.717) is 18.0 Å². The number of alkyl halides is 1. The van der Waals surface area contributed by atoms with E-state index in [2.05, 4.69) is 22.6 Å². The molecule has 1 saturated carbocycles. The third-order valence-corrected chi connectivity index (χ3v) is 4.38. The van der Waals surface area contributed by atoms with Gasteiger partial charge in [0.25, 0.3) is 5.91 Å². The van der Waals surface area contributed by atoms with Gasteiger partial charge in [0.2, 0.25) is 0 Å². The number of aromatic hydroxyl groups is 1. The normalized spacial score (nSPS) is 15.7. The van der Waals surface area contributed by atoms with Crippen molar-refractivity contribution < 1.29 is 9.90 Å². The van der Waals surface area contributed by atoms with Crippen molar-refractivity contribution in [3.8, 4) is 5.75 Å². The molecule has 1 aliphatic rings. The highest BCUT2D eigenvalue weighted by Crippen LogP contribution is 2.27. The van der Waals surface area contributed by atoms with Crippen molar-refractivity contribution in [3.05, 3.63) is 27.3 Å². The second-order valence-corrected chi connectivity index (χ2v) is 6.41. The SMILES string of the molecule is O=C(c1cc(I)ccc1O)N(CCCl)C1CCCC1. The summed E-state index contributed by atoms with van der Waals surface area (Å²) in [6.45, 7) is 0.538. The minimum absolute atomic E-state index is 0.0444. The molecule has 0 saturated heterocycles. The molecular formula is C14H17ClINO2. The summed E-state index contributed by atoms with van der Waals surface area (Å²) < 4.78 is 0.941. The van der Waals surface area contributed by atoms with Crippen molar-refractivity contribution in [2.75, 3.05) is 12.4 Å². The molecule has 1 amide bonds. The van der Waals surface area contributed by atoms with Crippen LogP contribution in [0.2, 0.25) is 0 Å². The first-order chi connectivity index (χ1) is 9.13. The van der Waals surface area contributed by atoms with Crippen LogP contribution in [0.5, 0.6) is 5.75 Å². The molecule has 0 bridgehead atoms. The van der Waals surface area contributed by atoms with Gasteiger partial charge in [0, 0.05) is 22.0 Å². The number of rotatable bonds is 4. The monoisotopic (exact) mass is 393 g/mol. The van der Waals surface area contributed by atoms with Crippen molar-refractivity contribution in [2.24, 2.45) is 0 Å². The highest BCUT2D eigenvalue weighted by molar-refractivity contribution is 14.1.